The zero-order chi connectivity index (χ0) is 13.8. The molecule has 0 radical (unpaired) electrons. The Morgan fingerprint density at radius 3 is 2.84 bits per heavy atom. The Hall–Kier alpha value is -3.01. The van der Waals surface area contributed by atoms with Gasteiger partial charge in [0, 0.05) is 12.4 Å². The summed E-state index contributed by atoms with van der Waals surface area (Å²) in [5.74, 6) is 4.38. The first kappa shape index (κ1) is 12.4. The molecule has 10 heteroatoms. The fourth-order valence-corrected chi connectivity index (χ4v) is 1.36. The van der Waals surface area contributed by atoms with Crippen LogP contribution in [0.1, 0.15) is 10.4 Å². The second-order valence-corrected chi connectivity index (χ2v) is 3.38. The Bertz CT molecular complexity index is 610. The van der Waals surface area contributed by atoms with Crippen molar-refractivity contribution < 1.29 is 9.72 Å². The molecule has 0 aromatic carbocycles. The molecule has 2 rings (SSSR count). The van der Waals surface area contributed by atoms with Crippen LogP contribution >= 0.6 is 0 Å². The molecule has 1 amide bonds. The third-order valence-electron chi connectivity index (χ3n) is 2.21. The highest BCUT2D eigenvalue weighted by Crippen LogP contribution is 2.19. The van der Waals surface area contributed by atoms with Crippen LogP contribution in [0.15, 0.2) is 24.7 Å². The van der Waals surface area contributed by atoms with Gasteiger partial charge in [0.25, 0.3) is 5.91 Å². The number of rotatable bonds is 4. The minimum atomic E-state index is -0.704. The number of hydrogen-bond acceptors (Lipinski definition) is 7. The lowest BCUT2D eigenvalue weighted by Crippen LogP contribution is -2.18. The first-order chi connectivity index (χ1) is 9.11. The van der Waals surface area contributed by atoms with E-state index in [2.05, 4.69) is 25.7 Å². The second kappa shape index (κ2) is 5.10. The predicted molar refractivity (Wildman–Crippen MR) is 65.2 cm³/mol. The predicted octanol–water partition coefficient (Wildman–Crippen LogP) is 0.251. The van der Waals surface area contributed by atoms with Gasteiger partial charge in [0.1, 0.15) is 5.69 Å². The average Bonchev–Trinajstić information content (AvgIpc) is 2.90. The van der Waals surface area contributed by atoms with Crippen LogP contribution in [0, 0.1) is 10.1 Å². The Balaban J connectivity index is 2.33. The van der Waals surface area contributed by atoms with E-state index < -0.39 is 16.6 Å². The minimum absolute atomic E-state index is 0.0133. The van der Waals surface area contributed by atoms with E-state index in [1.54, 1.807) is 0 Å². The van der Waals surface area contributed by atoms with Crippen molar-refractivity contribution in [3.05, 3.63) is 40.3 Å². The number of nitrogens with one attached hydrogen (secondary N) is 3. The molecule has 0 spiro atoms. The normalized spacial score (nSPS) is 9.95. The van der Waals surface area contributed by atoms with Gasteiger partial charge in [0.15, 0.2) is 6.20 Å². The molecular weight excluding hydrogens is 254 g/mol. The molecule has 0 bridgehead atoms. The maximum absolute atomic E-state index is 11.9. The number of pyridine rings is 1. The molecular formula is C9H9N7O3. The van der Waals surface area contributed by atoms with E-state index in [1.165, 1.54) is 12.4 Å². The third kappa shape index (κ3) is 2.63. The fourth-order valence-electron chi connectivity index (χ4n) is 1.36. The molecule has 0 atom stereocenters. The van der Waals surface area contributed by atoms with Crippen molar-refractivity contribution in [1.29, 1.82) is 0 Å². The number of H-pyrrole nitrogens is 1. The maximum Gasteiger partial charge on any atom is 0.364 e. The first-order valence-electron chi connectivity index (χ1n) is 5.03. The zero-order valence-corrected chi connectivity index (χ0v) is 9.45. The van der Waals surface area contributed by atoms with Crippen LogP contribution in [0.3, 0.4) is 0 Å². The van der Waals surface area contributed by atoms with Gasteiger partial charge in [-0.2, -0.15) is 0 Å². The number of imidazole rings is 1. The molecule has 0 aliphatic heterocycles. The van der Waals surface area contributed by atoms with E-state index in [0.29, 0.717) is 0 Å². The van der Waals surface area contributed by atoms with Crippen LogP contribution < -0.4 is 16.6 Å². The Morgan fingerprint density at radius 1 is 1.47 bits per heavy atom. The molecule has 0 aliphatic carbocycles. The van der Waals surface area contributed by atoms with Gasteiger partial charge in [0.05, 0.1) is 11.6 Å². The van der Waals surface area contributed by atoms with Crippen molar-refractivity contribution >= 4 is 23.4 Å². The summed E-state index contributed by atoms with van der Waals surface area (Å²) in [4.78, 5) is 31.9. The Morgan fingerprint density at radius 2 is 2.26 bits per heavy atom. The van der Waals surface area contributed by atoms with Crippen molar-refractivity contribution in [3.8, 4) is 0 Å². The van der Waals surface area contributed by atoms with Gasteiger partial charge in [-0.1, -0.05) is 0 Å². The van der Waals surface area contributed by atoms with E-state index in [1.807, 2.05) is 0 Å². The quantitative estimate of drug-likeness (QED) is 0.350. The lowest BCUT2D eigenvalue weighted by Gasteiger charge is -2.06. The van der Waals surface area contributed by atoms with Crippen molar-refractivity contribution in [3.63, 3.8) is 0 Å². The number of nitro groups is 1. The Labute approximate surface area is 106 Å². The molecule has 19 heavy (non-hydrogen) atoms. The van der Waals surface area contributed by atoms with Crippen LogP contribution in [0.2, 0.25) is 0 Å². The number of hydrazine groups is 1. The summed E-state index contributed by atoms with van der Waals surface area (Å²) in [6, 6.07) is 1.02. The molecule has 2 aromatic rings. The molecule has 2 heterocycles. The molecule has 5 N–H and O–H groups in total. The summed E-state index contributed by atoms with van der Waals surface area (Å²) in [6.07, 6.45) is 4.08. The highest BCUT2D eigenvalue weighted by Gasteiger charge is 2.19. The topological polar surface area (TPSA) is 152 Å². The van der Waals surface area contributed by atoms with Gasteiger partial charge in [-0.3, -0.25) is 16.0 Å². The summed E-state index contributed by atoms with van der Waals surface area (Å²) >= 11 is 0. The molecule has 10 nitrogen and oxygen atoms in total. The van der Waals surface area contributed by atoms with Gasteiger partial charge in [0.2, 0.25) is 5.95 Å². The summed E-state index contributed by atoms with van der Waals surface area (Å²) in [5, 5.41) is 13.1. The molecule has 0 aliphatic rings. The number of carbonyl (C=O) groups is 1. The lowest BCUT2D eigenvalue weighted by atomic mass is 10.2. The number of aromatic nitrogens is 3. The van der Waals surface area contributed by atoms with Crippen molar-refractivity contribution in [2.45, 2.75) is 0 Å². The highest BCUT2D eigenvalue weighted by atomic mass is 16.6. The molecule has 2 aromatic heterocycles. The maximum atomic E-state index is 11.9. The van der Waals surface area contributed by atoms with E-state index in [0.717, 1.165) is 12.3 Å². The van der Waals surface area contributed by atoms with Gasteiger partial charge in [-0.25, -0.2) is 4.98 Å². The van der Waals surface area contributed by atoms with Crippen molar-refractivity contribution in [2.75, 3.05) is 10.7 Å². The number of nitrogens with two attached hydrogens (primary N) is 1. The van der Waals surface area contributed by atoms with Gasteiger partial charge >= 0.3 is 5.82 Å². The minimum Gasteiger partial charge on any atom is -0.358 e. The summed E-state index contributed by atoms with van der Waals surface area (Å²) < 4.78 is 0. The molecule has 98 valence electrons. The Kier molecular flexibility index (Phi) is 3.34. The summed E-state index contributed by atoms with van der Waals surface area (Å²) in [6.45, 7) is 0. The van der Waals surface area contributed by atoms with Gasteiger partial charge in [-0.15, -0.1) is 0 Å². The number of anilines is 2. The number of carbonyl (C=O) groups excluding carboxylic acids is 1. The number of nitrogen functional groups attached to an aromatic ring is 1. The highest BCUT2D eigenvalue weighted by molar-refractivity contribution is 6.07. The number of nitrogens with zero attached hydrogens (tertiary/aromatic N) is 3. The number of amides is 1. The van der Waals surface area contributed by atoms with E-state index in [4.69, 9.17) is 5.84 Å². The molecule has 0 fully saturated rings. The smallest absolute Gasteiger partial charge is 0.358 e. The van der Waals surface area contributed by atoms with Crippen LogP contribution in [0.25, 0.3) is 0 Å². The van der Waals surface area contributed by atoms with Crippen molar-refractivity contribution in [2.24, 2.45) is 5.84 Å². The van der Waals surface area contributed by atoms with Gasteiger partial charge in [-0.05, 0) is 9.91 Å². The van der Waals surface area contributed by atoms with E-state index >= 15 is 0 Å². The van der Waals surface area contributed by atoms with Crippen LogP contribution in [-0.4, -0.2) is 25.8 Å². The van der Waals surface area contributed by atoms with E-state index in [9.17, 15) is 14.9 Å². The molecule has 0 saturated carbocycles. The van der Waals surface area contributed by atoms with Crippen LogP contribution in [0.5, 0.6) is 0 Å². The lowest BCUT2D eigenvalue weighted by molar-refractivity contribution is -0.389. The number of aromatic amines is 1. The molecule has 0 unspecified atom stereocenters. The van der Waals surface area contributed by atoms with Crippen LogP contribution in [-0.2, 0) is 0 Å². The first-order valence-corrected chi connectivity index (χ1v) is 5.03. The monoisotopic (exact) mass is 263 g/mol. The zero-order valence-electron chi connectivity index (χ0n) is 9.45. The van der Waals surface area contributed by atoms with Crippen LogP contribution in [0.4, 0.5) is 17.5 Å². The number of hydrogen-bond donors (Lipinski definition) is 4. The standard InChI is InChI=1S/C9H9N7O3/c10-15-6-4-13-7(16(18)19)3-5(6)8(17)14-9-11-1-2-12-9/h1-4,15H,10H2,(H2,11,12,14,17). The van der Waals surface area contributed by atoms with E-state index in [-0.39, 0.29) is 17.2 Å². The largest absolute Gasteiger partial charge is 0.364 e. The third-order valence-corrected chi connectivity index (χ3v) is 2.21. The molecule has 0 saturated heterocycles. The summed E-state index contributed by atoms with van der Waals surface area (Å²) in [7, 11) is 0. The average molecular weight is 263 g/mol. The van der Waals surface area contributed by atoms with Gasteiger partial charge < -0.3 is 20.5 Å². The fraction of sp³-hybridized carbons (Fsp3) is 0. The second-order valence-electron chi connectivity index (χ2n) is 3.38. The SMILES string of the molecule is NNc1cnc([N+](=O)[O-])cc1C(=O)Nc1ncc[nH]1. The summed E-state index contributed by atoms with van der Waals surface area (Å²) in [5.41, 5.74) is 2.39. The van der Waals surface area contributed by atoms with Crippen molar-refractivity contribution in [1.82, 2.24) is 15.0 Å².